The van der Waals surface area contributed by atoms with E-state index in [4.69, 9.17) is 9.47 Å². The molecule has 1 aromatic carbocycles. The number of nitrogens with one attached hydrogen (secondary N) is 1. The van der Waals surface area contributed by atoms with Crippen molar-refractivity contribution in [3.63, 3.8) is 0 Å². The fourth-order valence-corrected chi connectivity index (χ4v) is 3.42. The van der Waals surface area contributed by atoms with E-state index in [0.717, 1.165) is 10.8 Å². The first kappa shape index (κ1) is 18.8. The minimum absolute atomic E-state index is 0.00988. The number of aromatic nitrogens is 2. The van der Waals surface area contributed by atoms with Crippen LogP contribution in [0, 0.1) is 0 Å². The molecule has 2 amide bonds. The lowest BCUT2D eigenvalue weighted by molar-refractivity contribution is -0.130. The smallest absolute Gasteiger partial charge is 0.328 e. The van der Waals surface area contributed by atoms with Crippen LogP contribution in [0.5, 0.6) is 11.5 Å². The molecule has 0 radical (unpaired) electrons. The van der Waals surface area contributed by atoms with E-state index < -0.39 is 17.2 Å². The number of amides is 2. The Kier molecular flexibility index (Phi) is 4.83. The maximum atomic E-state index is 12.9. The highest BCUT2D eigenvalue weighted by atomic mass is 16.7. The van der Waals surface area contributed by atoms with E-state index in [1.165, 1.54) is 11.8 Å². The average molecular weight is 400 g/mol. The van der Waals surface area contributed by atoms with Crippen LogP contribution >= 0.6 is 0 Å². The van der Waals surface area contributed by atoms with Gasteiger partial charge in [0.2, 0.25) is 12.7 Å². The van der Waals surface area contributed by atoms with Gasteiger partial charge in [-0.2, -0.15) is 0 Å². The molecule has 1 N–H and O–H groups in total. The molecule has 1 aromatic heterocycles. The molecule has 2 aliphatic rings. The Labute approximate surface area is 165 Å². The van der Waals surface area contributed by atoms with Crippen molar-refractivity contribution in [3.8, 4) is 11.5 Å². The number of rotatable bonds is 3. The third-order valence-corrected chi connectivity index (χ3v) is 5.08. The summed E-state index contributed by atoms with van der Waals surface area (Å²) in [4.78, 5) is 55.0. The molecular formula is C19H20N4O6. The molecule has 2 aromatic rings. The number of hydrogen-bond acceptors (Lipinski definition) is 6. The number of piperazine rings is 1. The molecule has 10 heteroatoms. The van der Waals surface area contributed by atoms with Crippen molar-refractivity contribution in [2.24, 2.45) is 0 Å². The number of fused-ring (bicyclic) bond motifs is 1. The van der Waals surface area contributed by atoms with Gasteiger partial charge in [-0.3, -0.25) is 19.0 Å². The largest absolute Gasteiger partial charge is 0.454 e. The van der Waals surface area contributed by atoms with Gasteiger partial charge in [0.15, 0.2) is 11.5 Å². The predicted octanol–water partition coefficient (Wildman–Crippen LogP) is -0.382. The number of ether oxygens (including phenoxy) is 2. The molecule has 152 valence electrons. The predicted molar refractivity (Wildman–Crippen MR) is 101 cm³/mol. The van der Waals surface area contributed by atoms with Gasteiger partial charge in [-0.1, -0.05) is 6.07 Å². The topological polar surface area (TPSA) is 114 Å². The molecule has 10 nitrogen and oxygen atoms in total. The Morgan fingerprint density at radius 1 is 1.03 bits per heavy atom. The lowest BCUT2D eigenvalue weighted by atomic mass is 10.2. The Hall–Kier alpha value is -3.56. The van der Waals surface area contributed by atoms with Gasteiger partial charge in [-0.05, 0) is 17.7 Å². The second-order valence-electron chi connectivity index (χ2n) is 6.88. The SMILES string of the molecule is CC(=O)N1CCN(C(=O)c2c[nH]c(=O)n(Cc3ccc4c(c3)OCO4)c2=O)CC1. The van der Waals surface area contributed by atoms with Crippen LogP contribution < -0.4 is 20.7 Å². The number of nitrogens with zero attached hydrogens (tertiary/aromatic N) is 3. The van der Waals surface area contributed by atoms with Gasteiger partial charge >= 0.3 is 5.69 Å². The standard InChI is InChI=1S/C19H20N4O6/c1-12(24)21-4-6-22(7-5-21)17(25)14-9-20-19(27)23(18(14)26)10-13-2-3-15-16(8-13)29-11-28-15/h2-3,8-9H,4-7,10-11H2,1H3,(H,20,27). The first-order chi connectivity index (χ1) is 13.9. The molecule has 1 fully saturated rings. The summed E-state index contributed by atoms with van der Waals surface area (Å²) in [5.41, 5.74) is -0.709. The molecule has 1 saturated heterocycles. The zero-order valence-corrected chi connectivity index (χ0v) is 15.8. The van der Waals surface area contributed by atoms with Crippen molar-refractivity contribution < 1.29 is 19.1 Å². The number of aromatic amines is 1. The highest BCUT2D eigenvalue weighted by Crippen LogP contribution is 2.32. The Balaban J connectivity index is 1.57. The monoisotopic (exact) mass is 400 g/mol. The van der Waals surface area contributed by atoms with E-state index >= 15 is 0 Å². The summed E-state index contributed by atoms with van der Waals surface area (Å²) >= 11 is 0. The summed E-state index contributed by atoms with van der Waals surface area (Å²) in [6, 6.07) is 5.14. The van der Waals surface area contributed by atoms with E-state index in [1.54, 1.807) is 23.1 Å². The maximum absolute atomic E-state index is 12.9. The van der Waals surface area contributed by atoms with E-state index in [1.807, 2.05) is 0 Å². The van der Waals surface area contributed by atoms with Crippen LogP contribution in [0.25, 0.3) is 0 Å². The van der Waals surface area contributed by atoms with Gasteiger partial charge in [0.1, 0.15) is 5.56 Å². The van der Waals surface area contributed by atoms with E-state index in [2.05, 4.69) is 4.98 Å². The molecule has 0 unspecified atom stereocenters. The molecule has 29 heavy (non-hydrogen) atoms. The first-order valence-electron chi connectivity index (χ1n) is 9.20. The maximum Gasteiger partial charge on any atom is 0.328 e. The quantitative estimate of drug-likeness (QED) is 0.751. The lowest BCUT2D eigenvalue weighted by Gasteiger charge is -2.34. The number of hydrogen-bond donors (Lipinski definition) is 1. The van der Waals surface area contributed by atoms with E-state index in [9.17, 15) is 19.2 Å². The molecular weight excluding hydrogens is 380 g/mol. The van der Waals surface area contributed by atoms with E-state index in [0.29, 0.717) is 43.2 Å². The molecule has 2 aliphatic heterocycles. The molecule has 0 atom stereocenters. The Morgan fingerprint density at radius 3 is 2.45 bits per heavy atom. The number of carbonyl (C=O) groups is 2. The summed E-state index contributed by atoms with van der Waals surface area (Å²) < 4.78 is 11.6. The molecule has 0 spiro atoms. The van der Waals surface area contributed by atoms with Gasteiger partial charge in [0.25, 0.3) is 11.5 Å². The zero-order chi connectivity index (χ0) is 20.5. The van der Waals surface area contributed by atoms with Crippen molar-refractivity contribution >= 4 is 11.8 Å². The average Bonchev–Trinajstić information content (AvgIpc) is 3.18. The normalized spacial score (nSPS) is 15.5. The molecule has 0 aliphatic carbocycles. The van der Waals surface area contributed by atoms with Crippen LogP contribution in [-0.2, 0) is 11.3 Å². The number of H-pyrrole nitrogens is 1. The summed E-state index contributed by atoms with van der Waals surface area (Å²) in [6.45, 7) is 3.09. The van der Waals surface area contributed by atoms with Gasteiger partial charge in [-0.15, -0.1) is 0 Å². The van der Waals surface area contributed by atoms with Crippen LogP contribution in [0.3, 0.4) is 0 Å². The fourth-order valence-electron chi connectivity index (χ4n) is 3.42. The summed E-state index contributed by atoms with van der Waals surface area (Å²) in [7, 11) is 0. The van der Waals surface area contributed by atoms with Crippen molar-refractivity contribution in [1.82, 2.24) is 19.4 Å². The second-order valence-corrected chi connectivity index (χ2v) is 6.88. The van der Waals surface area contributed by atoms with Crippen molar-refractivity contribution in [2.45, 2.75) is 13.5 Å². The third-order valence-electron chi connectivity index (χ3n) is 5.08. The van der Waals surface area contributed by atoms with Crippen molar-refractivity contribution in [2.75, 3.05) is 33.0 Å². The lowest BCUT2D eigenvalue weighted by Crippen LogP contribution is -2.51. The van der Waals surface area contributed by atoms with Gasteiger partial charge in [0, 0.05) is 39.3 Å². The third kappa shape index (κ3) is 3.60. The molecule has 3 heterocycles. The first-order valence-corrected chi connectivity index (χ1v) is 9.20. The highest BCUT2D eigenvalue weighted by molar-refractivity contribution is 5.93. The van der Waals surface area contributed by atoms with Gasteiger partial charge in [-0.25, -0.2) is 4.79 Å². The van der Waals surface area contributed by atoms with Gasteiger partial charge < -0.3 is 24.3 Å². The molecule has 0 bridgehead atoms. The summed E-state index contributed by atoms with van der Waals surface area (Å²) in [5.74, 6) is 0.632. The van der Waals surface area contributed by atoms with Crippen LogP contribution in [0.4, 0.5) is 0 Å². The summed E-state index contributed by atoms with van der Waals surface area (Å²) in [6.07, 6.45) is 1.15. The van der Waals surface area contributed by atoms with Crippen LogP contribution in [0.15, 0.2) is 34.0 Å². The second kappa shape index (κ2) is 7.46. The number of carbonyl (C=O) groups excluding carboxylic acids is 2. The zero-order valence-electron chi connectivity index (χ0n) is 15.8. The minimum atomic E-state index is -0.662. The summed E-state index contributed by atoms with van der Waals surface area (Å²) in [5, 5.41) is 0. The number of benzene rings is 1. The van der Waals surface area contributed by atoms with Gasteiger partial charge in [0.05, 0.1) is 6.54 Å². The highest BCUT2D eigenvalue weighted by Gasteiger charge is 2.26. The van der Waals surface area contributed by atoms with Crippen LogP contribution in [0.1, 0.15) is 22.8 Å². The molecule has 0 saturated carbocycles. The van der Waals surface area contributed by atoms with E-state index in [-0.39, 0.29) is 24.8 Å². The molecule has 4 rings (SSSR count). The minimum Gasteiger partial charge on any atom is -0.454 e. The van der Waals surface area contributed by atoms with Crippen LogP contribution in [0.2, 0.25) is 0 Å². The Morgan fingerprint density at radius 2 is 1.72 bits per heavy atom. The Bertz CT molecular complexity index is 1080. The van der Waals surface area contributed by atoms with Crippen molar-refractivity contribution in [3.05, 3.63) is 56.4 Å². The van der Waals surface area contributed by atoms with Crippen molar-refractivity contribution in [1.29, 1.82) is 0 Å². The fraction of sp³-hybridized carbons (Fsp3) is 0.368. The van der Waals surface area contributed by atoms with Crippen LogP contribution in [-0.4, -0.2) is 64.1 Å².